The normalized spacial score (nSPS) is 15.1. The Morgan fingerprint density at radius 3 is 2.51 bits per heavy atom. The number of anilines is 1. The van der Waals surface area contributed by atoms with Gasteiger partial charge in [-0.25, -0.2) is 8.42 Å². The minimum atomic E-state index is -4.06. The van der Waals surface area contributed by atoms with Gasteiger partial charge in [0.25, 0.3) is 15.9 Å². The van der Waals surface area contributed by atoms with Crippen LogP contribution < -0.4 is 19.5 Å². The summed E-state index contributed by atoms with van der Waals surface area (Å²) in [4.78, 5) is 13.1. The van der Waals surface area contributed by atoms with Crippen LogP contribution >= 0.6 is 11.6 Å². The number of amides is 1. The highest BCUT2D eigenvalue weighted by Gasteiger charge is 2.25. The van der Waals surface area contributed by atoms with E-state index in [0.717, 1.165) is 24.8 Å². The first-order chi connectivity index (χ1) is 16.7. The molecule has 0 radical (unpaired) electrons. The first kappa shape index (κ1) is 24.9. The lowest BCUT2D eigenvalue weighted by Gasteiger charge is -2.26. The summed E-state index contributed by atoms with van der Waals surface area (Å²) in [5.41, 5.74) is 3.26. The fourth-order valence-electron chi connectivity index (χ4n) is 4.32. The fourth-order valence-corrected chi connectivity index (χ4v) is 5.89. The van der Waals surface area contributed by atoms with Gasteiger partial charge in [-0.05, 0) is 61.1 Å². The van der Waals surface area contributed by atoms with E-state index in [1.54, 1.807) is 19.1 Å². The predicted molar refractivity (Wildman–Crippen MR) is 136 cm³/mol. The van der Waals surface area contributed by atoms with Crippen LogP contribution in [0.15, 0.2) is 59.5 Å². The Bertz CT molecular complexity index is 1370. The van der Waals surface area contributed by atoms with Crippen molar-refractivity contribution in [2.75, 3.05) is 18.9 Å². The molecule has 9 heteroatoms. The third-order valence-electron chi connectivity index (χ3n) is 6.13. The second-order valence-corrected chi connectivity index (χ2v) is 10.4. The van der Waals surface area contributed by atoms with Gasteiger partial charge in [-0.3, -0.25) is 9.52 Å². The van der Waals surface area contributed by atoms with Crippen molar-refractivity contribution >= 4 is 33.2 Å². The van der Waals surface area contributed by atoms with Gasteiger partial charge in [-0.15, -0.1) is 0 Å². The molecule has 3 aromatic rings. The van der Waals surface area contributed by atoms with Gasteiger partial charge in [-0.2, -0.15) is 0 Å². The summed E-state index contributed by atoms with van der Waals surface area (Å²) in [5.74, 6) is 0.274. The number of hydrogen-bond donors (Lipinski definition) is 2. The number of halogens is 1. The van der Waals surface area contributed by atoms with E-state index in [1.165, 1.54) is 38.0 Å². The van der Waals surface area contributed by atoms with E-state index in [9.17, 15) is 13.2 Å². The van der Waals surface area contributed by atoms with Crippen LogP contribution in [0.3, 0.4) is 0 Å². The lowest BCUT2D eigenvalue weighted by atomic mass is 9.87. The lowest BCUT2D eigenvalue weighted by molar-refractivity contribution is 0.0932. The zero-order chi connectivity index (χ0) is 25.2. The van der Waals surface area contributed by atoms with Crippen molar-refractivity contribution < 1.29 is 22.7 Å². The molecule has 0 saturated carbocycles. The zero-order valence-corrected chi connectivity index (χ0v) is 21.3. The quantitative estimate of drug-likeness (QED) is 0.447. The first-order valence-electron chi connectivity index (χ1n) is 11.2. The summed E-state index contributed by atoms with van der Waals surface area (Å²) < 4.78 is 39.6. The lowest BCUT2D eigenvalue weighted by Crippen LogP contribution is -2.31. The van der Waals surface area contributed by atoms with Crippen LogP contribution in [0, 0.1) is 6.92 Å². The zero-order valence-electron chi connectivity index (χ0n) is 19.7. The molecule has 1 atom stereocenters. The average Bonchev–Trinajstić information content (AvgIpc) is 2.84. The number of nitrogens with one attached hydrogen (secondary N) is 2. The molecule has 1 aliphatic carbocycles. The number of carbonyl (C=O) groups is 1. The van der Waals surface area contributed by atoms with Crippen LogP contribution in [0.5, 0.6) is 11.5 Å². The molecule has 1 amide bonds. The Kier molecular flexibility index (Phi) is 7.23. The Labute approximate surface area is 210 Å². The average molecular weight is 515 g/mol. The summed E-state index contributed by atoms with van der Waals surface area (Å²) >= 11 is 6.19. The first-order valence-corrected chi connectivity index (χ1v) is 13.0. The van der Waals surface area contributed by atoms with Crippen LogP contribution in [0.4, 0.5) is 5.69 Å². The molecule has 1 aliphatic rings. The molecule has 0 fully saturated rings. The Morgan fingerprint density at radius 1 is 1.03 bits per heavy atom. The topological polar surface area (TPSA) is 93.7 Å². The Balaban J connectivity index is 1.61. The van der Waals surface area contributed by atoms with Crippen molar-refractivity contribution in [2.24, 2.45) is 0 Å². The highest BCUT2D eigenvalue weighted by atomic mass is 35.5. The third kappa shape index (κ3) is 5.23. The Hall–Kier alpha value is -3.23. The Morgan fingerprint density at radius 2 is 1.77 bits per heavy atom. The van der Waals surface area contributed by atoms with E-state index in [-0.39, 0.29) is 38.9 Å². The maximum atomic E-state index is 13.3. The van der Waals surface area contributed by atoms with E-state index in [1.807, 2.05) is 18.2 Å². The molecule has 2 N–H and O–H groups in total. The maximum Gasteiger partial charge on any atom is 0.262 e. The molecule has 0 saturated heterocycles. The minimum Gasteiger partial charge on any atom is -0.495 e. The molecular formula is C26H27ClN2O5S. The predicted octanol–water partition coefficient (Wildman–Crippen LogP) is 5.27. The second kappa shape index (κ2) is 10.2. The monoisotopic (exact) mass is 514 g/mol. The maximum absolute atomic E-state index is 13.3. The van der Waals surface area contributed by atoms with E-state index >= 15 is 0 Å². The van der Waals surface area contributed by atoms with Crippen molar-refractivity contribution in [3.8, 4) is 11.5 Å². The summed E-state index contributed by atoms with van der Waals surface area (Å²) in [6.45, 7) is 1.67. The van der Waals surface area contributed by atoms with Gasteiger partial charge >= 0.3 is 0 Å². The molecule has 0 spiro atoms. The molecule has 3 aromatic carbocycles. The van der Waals surface area contributed by atoms with Crippen LogP contribution in [0.1, 0.15) is 45.9 Å². The number of benzene rings is 3. The number of rotatable bonds is 7. The molecule has 0 aromatic heterocycles. The molecule has 0 aliphatic heterocycles. The van der Waals surface area contributed by atoms with Crippen LogP contribution in [0.2, 0.25) is 5.02 Å². The number of ether oxygens (including phenoxy) is 2. The van der Waals surface area contributed by atoms with E-state index in [4.69, 9.17) is 21.1 Å². The SMILES string of the molecule is COc1cc(OC)c(NS(=O)(=O)c2cc(C(=O)N[C@@H]3CCCc4ccccc43)ccc2C)cc1Cl. The highest BCUT2D eigenvalue weighted by molar-refractivity contribution is 7.92. The van der Waals surface area contributed by atoms with Crippen molar-refractivity contribution in [2.45, 2.75) is 37.1 Å². The van der Waals surface area contributed by atoms with Gasteiger partial charge in [0.15, 0.2) is 0 Å². The standard InChI is InChI=1S/C26H27ClN2O5S/c1-16-11-12-18(26(30)28-21-10-6-8-17-7-4-5-9-19(17)21)13-25(16)35(31,32)29-22-14-20(27)23(33-2)15-24(22)34-3/h4-5,7,9,11-15,21,29H,6,8,10H2,1-3H3,(H,28,30)/t21-/m1/s1. The number of hydrogen-bond acceptors (Lipinski definition) is 5. The van der Waals surface area contributed by atoms with Gasteiger partial charge in [-0.1, -0.05) is 41.9 Å². The molecule has 7 nitrogen and oxygen atoms in total. The number of sulfonamides is 1. The van der Waals surface area contributed by atoms with Gasteiger partial charge in [0.05, 0.1) is 35.9 Å². The van der Waals surface area contributed by atoms with Gasteiger partial charge in [0, 0.05) is 11.6 Å². The van der Waals surface area contributed by atoms with Crippen molar-refractivity contribution in [3.05, 3.63) is 81.9 Å². The summed E-state index contributed by atoms with van der Waals surface area (Å²) in [6.07, 6.45) is 2.80. The van der Waals surface area contributed by atoms with Crippen molar-refractivity contribution in [3.63, 3.8) is 0 Å². The molecule has 0 bridgehead atoms. The van der Waals surface area contributed by atoms with E-state index < -0.39 is 10.0 Å². The summed E-state index contributed by atoms with van der Waals surface area (Å²) in [7, 11) is -1.19. The molecule has 184 valence electrons. The fraction of sp³-hybridized carbons (Fsp3) is 0.269. The highest BCUT2D eigenvalue weighted by Crippen LogP contribution is 2.37. The van der Waals surface area contributed by atoms with Crippen molar-refractivity contribution in [1.29, 1.82) is 0 Å². The number of aryl methyl sites for hydroxylation is 2. The van der Waals surface area contributed by atoms with E-state index in [0.29, 0.717) is 11.3 Å². The molecule has 35 heavy (non-hydrogen) atoms. The molecular weight excluding hydrogens is 488 g/mol. The number of methoxy groups -OCH3 is 2. The van der Waals surface area contributed by atoms with Gasteiger partial charge < -0.3 is 14.8 Å². The van der Waals surface area contributed by atoms with Crippen LogP contribution in [-0.2, 0) is 16.4 Å². The second-order valence-electron chi connectivity index (χ2n) is 8.39. The van der Waals surface area contributed by atoms with Crippen LogP contribution in [0.25, 0.3) is 0 Å². The minimum absolute atomic E-state index is 0.0109. The molecule has 0 unspecified atom stereocenters. The van der Waals surface area contributed by atoms with Gasteiger partial charge in [0.2, 0.25) is 0 Å². The van der Waals surface area contributed by atoms with Crippen molar-refractivity contribution in [1.82, 2.24) is 5.32 Å². The molecule has 4 rings (SSSR count). The summed E-state index contributed by atoms with van der Waals surface area (Å²) in [6, 6.07) is 15.5. The van der Waals surface area contributed by atoms with Gasteiger partial charge in [0.1, 0.15) is 11.5 Å². The summed E-state index contributed by atoms with van der Waals surface area (Å²) in [5, 5.41) is 3.30. The number of carbonyl (C=O) groups excluding carboxylic acids is 1. The van der Waals surface area contributed by atoms with Crippen LogP contribution in [-0.4, -0.2) is 28.5 Å². The smallest absolute Gasteiger partial charge is 0.262 e. The molecule has 0 heterocycles. The largest absolute Gasteiger partial charge is 0.495 e. The third-order valence-corrected chi connectivity index (χ3v) is 7.94. The van der Waals surface area contributed by atoms with E-state index in [2.05, 4.69) is 16.1 Å². The number of fused-ring (bicyclic) bond motifs is 1.